The van der Waals surface area contributed by atoms with Crippen molar-refractivity contribution in [2.24, 2.45) is 10.9 Å². The van der Waals surface area contributed by atoms with Crippen LogP contribution in [0.15, 0.2) is 23.7 Å². The Morgan fingerprint density at radius 2 is 1.97 bits per heavy atom. The fourth-order valence-electron chi connectivity index (χ4n) is 2.93. The van der Waals surface area contributed by atoms with Gasteiger partial charge in [-0.2, -0.15) is 17.5 Å². The number of nitrogens with one attached hydrogen (secondary N) is 2. The SMILES string of the molecule is CCNC(=NCC1CCN(S(=O)(=O)C(F)(F)F)CC1)NCCCn1ccnc1.I. The molecule has 2 rings (SSSR count). The van der Waals surface area contributed by atoms with E-state index in [2.05, 4.69) is 20.6 Å². The number of nitrogens with zero attached hydrogens (tertiary/aromatic N) is 4. The molecule has 1 aromatic heterocycles. The normalized spacial score (nSPS) is 17.0. The first-order valence-electron chi connectivity index (χ1n) is 9.28. The van der Waals surface area contributed by atoms with Crippen molar-refractivity contribution in [1.29, 1.82) is 0 Å². The molecule has 1 aliphatic heterocycles. The van der Waals surface area contributed by atoms with Gasteiger partial charge in [-0.25, -0.2) is 13.4 Å². The summed E-state index contributed by atoms with van der Waals surface area (Å²) in [4.78, 5) is 8.48. The lowest BCUT2D eigenvalue weighted by atomic mass is 9.98. The van der Waals surface area contributed by atoms with Crippen molar-refractivity contribution >= 4 is 40.0 Å². The summed E-state index contributed by atoms with van der Waals surface area (Å²) in [6, 6.07) is 0. The zero-order valence-electron chi connectivity index (χ0n) is 16.2. The van der Waals surface area contributed by atoms with Gasteiger partial charge in [-0.15, -0.1) is 24.0 Å². The number of alkyl halides is 3. The van der Waals surface area contributed by atoms with Crippen molar-refractivity contribution in [3.8, 4) is 0 Å². The topological polar surface area (TPSA) is 91.6 Å². The van der Waals surface area contributed by atoms with Crippen LogP contribution in [0.3, 0.4) is 0 Å². The lowest BCUT2D eigenvalue weighted by Gasteiger charge is -2.30. The van der Waals surface area contributed by atoms with Crippen molar-refractivity contribution in [2.75, 3.05) is 32.7 Å². The molecule has 13 heteroatoms. The molecule has 0 amide bonds. The third-order valence-electron chi connectivity index (χ3n) is 4.50. The smallest absolute Gasteiger partial charge is 0.357 e. The molecule has 0 aliphatic carbocycles. The van der Waals surface area contributed by atoms with E-state index in [-0.39, 0.29) is 43.0 Å². The predicted molar refractivity (Wildman–Crippen MR) is 116 cm³/mol. The van der Waals surface area contributed by atoms with Gasteiger partial charge in [0.05, 0.1) is 6.33 Å². The summed E-state index contributed by atoms with van der Waals surface area (Å²) in [5, 5.41) is 6.36. The Kier molecular flexibility index (Phi) is 10.7. The van der Waals surface area contributed by atoms with Gasteiger partial charge in [0.25, 0.3) is 0 Å². The molecule has 0 aromatic carbocycles. The maximum atomic E-state index is 12.6. The number of rotatable bonds is 8. The van der Waals surface area contributed by atoms with Crippen molar-refractivity contribution in [2.45, 2.75) is 38.2 Å². The average molecular weight is 552 g/mol. The number of hydrogen-bond donors (Lipinski definition) is 2. The lowest BCUT2D eigenvalue weighted by Crippen LogP contribution is -2.45. The van der Waals surface area contributed by atoms with Gasteiger partial charge in [-0.05, 0) is 32.1 Å². The van der Waals surface area contributed by atoms with E-state index in [1.165, 1.54) is 0 Å². The molecule has 1 fully saturated rings. The Labute approximate surface area is 186 Å². The Morgan fingerprint density at radius 3 is 2.52 bits per heavy atom. The highest BCUT2D eigenvalue weighted by molar-refractivity contribution is 14.0. The van der Waals surface area contributed by atoms with Gasteiger partial charge in [-0.3, -0.25) is 4.99 Å². The van der Waals surface area contributed by atoms with Gasteiger partial charge in [-0.1, -0.05) is 0 Å². The number of hydrogen-bond acceptors (Lipinski definition) is 4. The zero-order valence-corrected chi connectivity index (χ0v) is 19.4. The van der Waals surface area contributed by atoms with Gasteiger partial charge in [0, 0.05) is 51.7 Å². The van der Waals surface area contributed by atoms with Gasteiger partial charge in [0.15, 0.2) is 5.96 Å². The molecule has 8 nitrogen and oxygen atoms in total. The summed E-state index contributed by atoms with van der Waals surface area (Å²) in [7, 11) is -5.23. The number of imidazole rings is 1. The Morgan fingerprint density at radius 1 is 1.28 bits per heavy atom. The van der Waals surface area contributed by atoms with E-state index >= 15 is 0 Å². The van der Waals surface area contributed by atoms with Crippen LogP contribution in [0.5, 0.6) is 0 Å². The second-order valence-electron chi connectivity index (χ2n) is 6.59. The van der Waals surface area contributed by atoms with Crippen molar-refractivity contribution < 1.29 is 21.6 Å². The number of aromatic nitrogens is 2. The highest BCUT2D eigenvalue weighted by atomic mass is 127. The van der Waals surface area contributed by atoms with Crippen LogP contribution in [-0.2, 0) is 16.6 Å². The molecule has 0 bridgehead atoms. The summed E-state index contributed by atoms with van der Waals surface area (Å²) in [6.07, 6.45) is 6.98. The van der Waals surface area contributed by atoms with E-state index in [0.29, 0.717) is 42.7 Å². The Hall–Kier alpha value is -1.09. The molecular formula is C16H28F3IN6O2S. The van der Waals surface area contributed by atoms with Gasteiger partial charge in [0.2, 0.25) is 0 Å². The lowest BCUT2D eigenvalue weighted by molar-refractivity contribution is -0.0496. The zero-order chi connectivity index (χ0) is 20.6. The molecule has 1 saturated heterocycles. The molecule has 1 aromatic rings. The highest BCUT2D eigenvalue weighted by Crippen LogP contribution is 2.30. The van der Waals surface area contributed by atoms with Crippen LogP contribution in [-0.4, -0.2) is 66.5 Å². The molecule has 2 heterocycles. The van der Waals surface area contributed by atoms with Crippen molar-refractivity contribution in [1.82, 2.24) is 24.5 Å². The summed E-state index contributed by atoms with van der Waals surface area (Å²) < 4.78 is 63.2. The van der Waals surface area contributed by atoms with E-state index in [9.17, 15) is 21.6 Å². The minimum atomic E-state index is -5.24. The second kappa shape index (κ2) is 11.9. The molecule has 0 radical (unpaired) electrons. The molecule has 2 N–H and O–H groups in total. The van der Waals surface area contributed by atoms with Crippen LogP contribution in [0.4, 0.5) is 13.2 Å². The maximum Gasteiger partial charge on any atom is 0.511 e. The van der Waals surface area contributed by atoms with Crippen molar-refractivity contribution in [3.63, 3.8) is 0 Å². The van der Waals surface area contributed by atoms with Crippen LogP contribution in [0.2, 0.25) is 0 Å². The second-order valence-corrected chi connectivity index (χ2v) is 8.52. The fourth-order valence-corrected chi connectivity index (χ4v) is 3.91. The molecule has 0 spiro atoms. The first-order valence-corrected chi connectivity index (χ1v) is 10.7. The number of piperidine rings is 1. The maximum absolute atomic E-state index is 12.6. The van der Waals surface area contributed by atoms with E-state index in [1.54, 1.807) is 12.5 Å². The van der Waals surface area contributed by atoms with Crippen LogP contribution in [0, 0.1) is 5.92 Å². The quantitative estimate of drug-likeness (QED) is 0.223. The fraction of sp³-hybridized carbons (Fsp3) is 0.750. The van der Waals surface area contributed by atoms with Gasteiger partial charge >= 0.3 is 15.5 Å². The molecule has 1 aliphatic rings. The molecule has 0 saturated carbocycles. The van der Waals surface area contributed by atoms with Crippen LogP contribution in [0.25, 0.3) is 0 Å². The van der Waals surface area contributed by atoms with E-state index in [4.69, 9.17) is 0 Å². The molecule has 0 unspecified atom stereocenters. The average Bonchev–Trinajstić information content (AvgIpc) is 3.16. The molecular weight excluding hydrogens is 524 g/mol. The summed E-state index contributed by atoms with van der Waals surface area (Å²) >= 11 is 0. The minimum Gasteiger partial charge on any atom is -0.357 e. The summed E-state index contributed by atoms with van der Waals surface area (Å²) in [6.45, 7) is 4.37. The van der Waals surface area contributed by atoms with E-state index < -0.39 is 15.5 Å². The number of guanidine groups is 1. The molecule has 168 valence electrons. The molecule has 29 heavy (non-hydrogen) atoms. The summed E-state index contributed by atoms with van der Waals surface area (Å²) in [5.41, 5.74) is -5.24. The van der Waals surface area contributed by atoms with E-state index in [1.807, 2.05) is 17.7 Å². The number of sulfonamides is 1. The van der Waals surface area contributed by atoms with Gasteiger partial charge < -0.3 is 15.2 Å². The van der Waals surface area contributed by atoms with Crippen LogP contribution >= 0.6 is 24.0 Å². The van der Waals surface area contributed by atoms with Crippen LogP contribution < -0.4 is 10.6 Å². The van der Waals surface area contributed by atoms with Crippen molar-refractivity contribution in [3.05, 3.63) is 18.7 Å². The summed E-state index contributed by atoms with van der Waals surface area (Å²) in [5.74, 6) is 0.708. The Balaban J connectivity index is 0.00000420. The van der Waals surface area contributed by atoms with Gasteiger partial charge in [0.1, 0.15) is 0 Å². The standard InChI is InChI=1S/C16H27F3N6O2S.HI/c1-2-21-15(22-6-3-8-24-11-7-20-13-24)23-12-14-4-9-25(10-5-14)28(26,27)16(17,18)19;/h7,11,13-14H,2-6,8-10,12H2,1H3,(H2,21,22,23);1H. The van der Waals surface area contributed by atoms with Crippen LogP contribution in [0.1, 0.15) is 26.2 Å². The molecule has 0 atom stereocenters. The Bertz CT molecular complexity index is 720. The first kappa shape index (κ1) is 25.9. The third-order valence-corrected chi connectivity index (χ3v) is 6.13. The van der Waals surface area contributed by atoms with E-state index in [0.717, 1.165) is 13.0 Å². The predicted octanol–water partition coefficient (Wildman–Crippen LogP) is 2.01. The number of halogens is 4. The largest absolute Gasteiger partial charge is 0.511 e. The minimum absolute atomic E-state index is 0. The monoisotopic (exact) mass is 552 g/mol. The highest BCUT2D eigenvalue weighted by Gasteiger charge is 2.50. The third kappa shape index (κ3) is 7.92. The number of aryl methyl sites for hydroxylation is 1. The number of aliphatic imine (C=N–C) groups is 1. The first-order chi connectivity index (χ1) is 13.2.